The molecule has 0 fully saturated rings. The molecule has 0 N–H and O–H groups in total. The Morgan fingerprint density at radius 2 is 2.18 bits per heavy atom. The molecule has 3 nitrogen and oxygen atoms in total. The fraction of sp³-hybridized carbons (Fsp3) is 0. The Hall–Kier alpha value is -1.58. The van der Waals surface area contributed by atoms with Crippen LogP contribution in [0.5, 0.6) is 0 Å². The highest BCUT2D eigenvalue weighted by molar-refractivity contribution is 6.37. The molecular formula is C12H8Cl2N2O. The van der Waals surface area contributed by atoms with Crippen LogP contribution in [0.1, 0.15) is 10.4 Å². The van der Waals surface area contributed by atoms with Gasteiger partial charge in [0.2, 0.25) is 0 Å². The van der Waals surface area contributed by atoms with Crippen LogP contribution in [0.3, 0.4) is 0 Å². The predicted octanol–water partition coefficient (Wildman–Crippen LogP) is 3.54. The molecule has 1 aromatic carbocycles. The second-order valence-electron chi connectivity index (χ2n) is 3.31. The first-order valence-corrected chi connectivity index (χ1v) is 5.57. The van der Waals surface area contributed by atoms with Crippen molar-refractivity contribution < 1.29 is 4.79 Å². The molecule has 1 heterocycles. The molecule has 0 bridgehead atoms. The van der Waals surface area contributed by atoms with Crippen LogP contribution in [0.15, 0.2) is 43.0 Å². The lowest BCUT2D eigenvalue weighted by atomic mass is 10.1. The molecule has 17 heavy (non-hydrogen) atoms. The van der Waals surface area contributed by atoms with Gasteiger partial charge in [-0.2, -0.15) is 0 Å². The normalized spacial score (nSPS) is 10.9. The maximum atomic E-state index is 11.8. The monoisotopic (exact) mass is 266 g/mol. The summed E-state index contributed by atoms with van der Waals surface area (Å²) in [4.78, 5) is 15.7. The number of rotatable bonds is 3. The second kappa shape index (κ2) is 5.17. The van der Waals surface area contributed by atoms with Crippen LogP contribution in [0.25, 0.3) is 6.20 Å². The van der Waals surface area contributed by atoms with Crippen LogP contribution in [0, 0.1) is 0 Å². The number of halogens is 2. The predicted molar refractivity (Wildman–Crippen MR) is 68.3 cm³/mol. The van der Waals surface area contributed by atoms with E-state index in [1.165, 1.54) is 6.08 Å². The van der Waals surface area contributed by atoms with Crippen molar-refractivity contribution in [3.8, 4) is 0 Å². The maximum Gasteiger partial charge on any atom is 0.188 e. The van der Waals surface area contributed by atoms with E-state index in [0.29, 0.717) is 15.6 Å². The van der Waals surface area contributed by atoms with Gasteiger partial charge in [-0.25, -0.2) is 4.98 Å². The molecule has 0 radical (unpaired) electrons. The van der Waals surface area contributed by atoms with Gasteiger partial charge in [-0.05, 0) is 18.2 Å². The minimum atomic E-state index is -0.180. The fourth-order valence-electron chi connectivity index (χ4n) is 1.29. The average molecular weight is 267 g/mol. The van der Waals surface area contributed by atoms with E-state index in [1.807, 2.05) is 0 Å². The van der Waals surface area contributed by atoms with Gasteiger partial charge in [0.05, 0.1) is 11.3 Å². The largest absolute Gasteiger partial charge is 0.313 e. The SMILES string of the molecule is O=C(C=Cn1ccnc1)c1ccc(Cl)cc1Cl. The first-order valence-electron chi connectivity index (χ1n) is 4.82. The zero-order valence-electron chi connectivity index (χ0n) is 8.68. The smallest absolute Gasteiger partial charge is 0.188 e. The summed E-state index contributed by atoms with van der Waals surface area (Å²) in [7, 11) is 0. The number of carbonyl (C=O) groups is 1. The highest BCUT2D eigenvalue weighted by Crippen LogP contribution is 2.21. The Bertz CT molecular complexity index is 562. The number of ketones is 1. The number of aromatic nitrogens is 2. The summed E-state index contributed by atoms with van der Waals surface area (Å²) in [5, 5.41) is 0.850. The highest BCUT2D eigenvalue weighted by atomic mass is 35.5. The lowest BCUT2D eigenvalue weighted by molar-refractivity contribution is 0.104. The van der Waals surface area contributed by atoms with Crippen LogP contribution >= 0.6 is 23.2 Å². The summed E-state index contributed by atoms with van der Waals surface area (Å²) in [6.45, 7) is 0. The third-order valence-corrected chi connectivity index (χ3v) is 2.67. The third kappa shape index (κ3) is 2.96. The molecule has 0 amide bonds. The van der Waals surface area contributed by atoms with Crippen LogP contribution in [0.4, 0.5) is 0 Å². The van der Waals surface area contributed by atoms with Crippen LogP contribution in [0.2, 0.25) is 10.0 Å². The van der Waals surface area contributed by atoms with Crippen molar-refractivity contribution in [2.24, 2.45) is 0 Å². The first-order chi connectivity index (χ1) is 8.16. The van der Waals surface area contributed by atoms with Crippen molar-refractivity contribution in [2.45, 2.75) is 0 Å². The summed E-state index contributed by atoms with van der Waals surface area (Å²) >= 11 is 11.7. The number of carbonyl (C=O) groups excluding carboxylic acids is 1. The molecule has 2 rings (SSSR count). The van der Waals surface area contributed by atoms with Crippen LogP contribution in [-0.4, -0.2) is 15.3 Å². The van der Waals surface area contributed by atoms with E-state index < -0.39 is 0 Å². The van der Waals surface area contributed by atoms with Gasteiger partial charge in [0, 0.05) is 35.3 Å². The zero-order valence-corrected chi connectivity index (χ0v) is 10.2. The number of allylic oxidation sites excluding steroid dienone is 1. The molecule has 0 spiro atoms. The summed E-state index contributed by atoms with van der Waals surface area (Å²) < 4.78 is 1.67. The molecule has 5 heteroatoms. The van der Waals surface area contributed by atoms with Crippen molar-refractivity contribution in [3.05, 3.63) is 58.6 Å². The Morgan fingerprint density at radius 1 is 1.35 bits per heavy atom. The standard InChI is InChI=1S/C12H8Cl2N2O/c13-9-1-2-10(11(14)7-9)12(17)3-5-16-6-4-15-8-16/h1-8H. The molecule has 0 saturated carbocycles. The van der Waals surface area contributed by atoms with E-state index in [1.54, 1.807) is 47.7 Å². The Balaban J connectivity index is 2.20. The van der Waals surface area contributed by atoms with Gasteiger partial charge in [0.15, 0.2) is 5.78 Å². The van der Waals surface area contributed by atoms with Crippen molar-refractivity contribution in [1.82, 2.24) is 9.55 Å². The number of hydrogen-bond donors (Lipinski definition) is 0. The van der Waals surface area contributed by atoms with Gasteiger partial charge in [0.1, 0.15) is 0 Å². The maximum absolute atomic E-state index is 11.8. The molecular weight excluding hydrogens is 259 g/mol. The summed E-state index contributed by atoms with van der Waals surface area (Å²) in [6.07, 6.45) is 7.99. The van der Waals surface area contributed by atoms with Gasteiger partial charge >= 0.3 is 0 Å². The molecule has 2 aromatic rings. The third-order valence-electron chi connectivity index (χ3n) is 2.12. The Kier molecular flexibility index (Phi) is 3.61. The number of benzene rings is 1. The number of nitrogens with zero attached hydrogens (tertiary/aromatic N) is 2. The highest BCUT2D eigenvalue weighted by Gasteiger charge is 2.07. The number of imidazole rings is 1. The average Bonchev–Trinajstić information content (AvgIpc) is 2.78. The van der Waals surface area contributed by atoms with E-state index in [2.05, 4.69) is 4.98 Å². The van der Waals surface area contributed by atoms with Gasteiger partial charge in [-0.3, -0.25) is 4.79 Å². The van der Waals surface area contributed by atoms with Gasteiger partial charge in [0.25, 0.3) is 0 Å². The van der Waals surface area contributed by atoms with Crippen molar-refractivity contribution >= 4 is 35.2 Å². The molecule has 0 aliphatic heterocycles. The van der Waals surface area contributed by atoms with Crippen molar-refractivity contribution in [2.75, 3.05) is 0 Å². The Morgan fingerprint density at radius 3 is 2.82 bits per heavy atom. The Labute approximate surface area is 108 Å². The van der Waals surface area contributed by atoms with Crippen LogP contribution < -0.4 is 0 Å². The number of hydrogen-bond acceptors (Lipinski definition) is 2. The molecule has 0 saturated heterocycles. The van der Waals surface area contributed by atoms with Gasteiger partial charge in [-0.1, -0.05) is 23.2 Å². The van der Waals surface area contributed by atoms with E-state index in [0.717, 1.165) is 0 Å². The van der Waals surface area contributed by atoms with Crippen molar-refractivity contribution in [1.29, 1.82) is 0 Å². The minimum absolute atomic E-state index is 0.180. The lowest BCUT2D eigenvalue weighted by Gasteiger charge is -2.00. The van der Waals surface area contributed by atoms with Gasteiger partial charge in [-0.15, -0.1) is 0 Å². The fourth-order valence-corrected chi connectivity index (χ4v) is 1.79. The molecule has 0 aliphatic carbocycles. The van der Waals surface area contributed by atoms with Gasteiger partial charge < -0.3 is 4.57 Å². The van der Waals surface area contributed by atoms with E-state index in [4.69, 9.17) is 23.2 Å². The van der Waals surface area contributed by atoms with Crippen LogP contribution in [-0.2, 0) is 0 Å². The summed E-state index contributed by atoms with van der Waals surface area (Å²) in [5.74, 6) is -0.180. The van der Waals surface area contributed by atoms with E-state index in [9.17, 15) is 4.79 Å². The quantitative estimate of drug-likeness (QED) is 0.629. The molecule has 86 valence electrons. The summed E-state index contributed by atoms with van der Waals surface area (Å²) in [6, 6.07) is 4.78. The molecule has 0 unspecified atom stereocenters. The second-order valence-corrected chi connectivity index (χ2v) is 4.16. The summed E-state index contributed by atoms with van der Waals surface area (Å²) in [5.41, 5.74) is 0.424. The van der Waals surface area contributed by atoms with E-state index >= 15 is 0 Å². The minimum Gasteiger partial charge on any atom is -0.313 e. The molecule has 0 atom stereocenters. The lowest BCUT2D eigenvalue weighted by Crippen LogP contribution is -1.96. The topological polar surface area (TPSA) is 34.9 Å². The van der Waals surface area contributed by atoms with Crippen molar-refractivity contribution in [3.63, 3.8) is 0 Å². The first kappa shape index (κ1) is 11.9. The zero-order chi connectivity index (χ0) is 12.3. The molecule has 0 aliphatic rings. The van der Waals surface area contributed by atoms with E-state index in [-0.39, 0.29) is 5.78 Å². The molecule has 1 aromatic heterocycles.